The summed E-state index contributed by atoms with van der Waals surface area (Å²) >= 11 is 12.1. The number of benzene rings is 2. The van der Waals surface area contributed by atoms with Gasteiger partial charge in [0.15, 0.2) is 5.44 Å². The predicted molar refractivity (Wildman–Crippen MR) is 141 cm³/mol. The molecule has 2 aromatic carbocycles. The number of piperidine rings is 1. The number of piperazine rings is 1. The first kappa shape index (κ1) is 27.0. The standard InChI is InChI=1S/C25H31Cl2N3O5S/c1-34-19-7-5-18(6-8-19)29-12-14-30(15-13-29)24(31)17-35-25(23-4-2-3-11-28-23)36(32,33)20-9-10-21(26)22(27)16-20/h5-10,16,23,25,28H,2-4,11-15,17H2,1H3. The summed E-state index contributed by atoms with van der Waals surface area (Å²) in [7, 11) is -2.30. The maximum absolute atomic E-state index is 13.5. The number of carbonyl (C=O) groups excluding carboxylic acids is 1. The Labute approximate surface area is 222 Å². The van der Waals surface area contributed by atoms with Crippen molar-refractivity contribution >= 4 is 44.6 Å². The average molecular weight is 557 g/mol. The number of anilines is 1. The molecule has 0 spiro atoms. The third kappa shape index (κ3) is 6.26. The van der Waals surface area contributed by atoms with Crippen molar-refractivity contribution < 1.29 is 22.7 Å². The van der Waals surface area contributed by atoms with E-state index in [0.717, 1.165) is 24.3 Å². The van der Waals surface area contributed by atoms with E-state index >= 15 is 0 Å². The van der Waals surface area contributed by atoms with Crippen LogP contribution in [0.4, 0.5) is 5.69 Å². The van der Waals surface area contributed by atoms with E-state index in [1.165, 1.54) is 18.2 Å². The predicted octanol–water partition coefficient (Wildman–Crippen LogP) is 3.61. The Morgan fingerprint density at radius 2 is 1.78 bits per heavy atom. The van der Waals surface area contributed by atoms with Gasteiger partial charge in [0.25, 0.3) is 0 Å². The molecule has 2 heterocycles. The number of ether oxygens (including phenoxy) is 2. The van der Waals surface area contributed by atoms with Gasteiger partial charge in [0.1, 0.15) is 12.4 Å². The first-order valence-electron chi connectivity index (χ1n) is 12.0. The Morgan fingerprint density at radius 3 is 2.39 bits per heavy atom. The van der Waals surface area contributed by atoms with Gasteiger partial charge in [-0.25, -0.2) is 8.42 Å². The van der Waals surface area contributed by atoms with E-state index in [1.54, 1.807) is 12.0 Å². The molecule has 2 unspecified atom stereocenters. The summed E-state index contributed by atoms with van der Waals surface area (Å²) in [6.07, 6.45) is 2.49. The molecule has 11 heteroatoms. The van der Waals surface area contributed by atoms with Crippen molar-refractivity contribution in [2.24, 2.45) is 0 Å². The van der Waals surface area contributed by atoms with Crippen LogP contribution in [0.2, 0.25) is 10.0 Å². The summed E-state index contributed by atoms with van der Waals surface area (Å²) < 4.78 is 38.1. The molecule has 2 fully saturated rings. The number of carbonyl (C=O) groups is 1. The number of halogens is 2. The van der Waals surface area contributed by atoms with Gasteiger partial charge in [-0.3, -0.25) is 4.79 Å². The Hall–Kier alpha value is -2.04. The molecule has 1 N–H and O–H groups in total. The van der Waals surface area contributed by atoms with E-state index in [1.807, 2.05) is 24.3 Å². The van der Waals surface area contributed by atoms with Gasteiger partial charge < -0.3 is 24.6 Å². The lowest BCUT2D eigenvalue weighted by atomic mass is 10.1. The zero-order valence-electron chi connectivity index (χ0n) is 20.2. The van der Waals surface area contributed by atoms with Crippen LogP contribution < -0.4 is 15.0 Å². The number of hydrogen-bond acceptors (Lipinski definition) is 7. The minimum Gasteiger partial charge on any atom is -0.497 e. The minimum atomic E-state index is -3.93. The Morgan fingerprint density at radius 1 is 1.06 bits per heavy atom. The van der Waals surface area contributed by atoms with Gasteiger partial charge in [-0.15, -0.1) is 0 Å². The number of nitrogens with one attached hydrogen (secondary N) is 1. The SMILES string of the molecule is COc1ccc(N2CCN(C(=O)COC(C3CCCCN3)S(=O)(=O)c3ccc(Cl)c(Cl)c3)CC2)cc1. The molecule has 2 aliphatic rings. The van der Waals surface area contributed by atoms with Crippen molar-refractivity contribution in [3.8, 4) is 5.75 Å². The summed E-state index contributed by atoms with van der Waals surface area (Å²) in [5.41, 5.74) is -0.144. The first-order valence-corrected chi connectivity index (χ1v) is 14.3. The molecule has 0 aliphatic carbocycles. The van der Waals surface area contributed by atoms with Crippen molar-refractivity contribution in [1.82, 2.24) is 10.2 Å². The maximum Gasteiger partial charge on any atom is 0.248 e. The molecule has 2 aromatic rings. The third-order valence-corrected chi connectivity index (χ3v) is 9.37. The highest BCUT2D eigenvalue weighted by Gasteiger charge is 2.37. The van der Waals surface area contributed by atoms with E-state index < -0.39 is 21.3 Å². The quantitative estimate of drug-likeness (QED) is 0.532. The smallest absolute Gasteiger partial charge is 0.248 e. The lowest BCUT2D eigenvalue weighted by molar-refractivity contribution is -0.137. The lowest BCUT2D eigenvalue weighted by Gasteiger charge is -2.36. The second-order valence-electron chi connectivity index (χ2n) is 8.92. The molecule has 0 radical (unpaired) electrons. The van der Waals surface area contributed by atoms with Crippen molar-refractivity contribution in [2.75, 3.05) is 51.3 Å². The van der Waals surface area contributed by atoms with E-state index in [4.69, 9.17) is 32.7 Å². The summed E-state index contributed by atoms with van der Waals surface area (Å²) in [4.78, 5) is 16.9. The number of amides is 1. The van der Waals surface area contributed by atoms with Gasteiger partial charge >= 0.3 is 0 Å². The van der Waals surface area contributed by atoms with Crippen molar-refractivity contribution in [3.63, 3.8) is 0 Å². The fourth-order valence-corrected chi connectivity index (χ4v) is 6.66. The van der Waals surface area contributed by atoms with Crippen molar-refractivity contribution in [1.29, 1.82) is 0 Å². The third-order valence-electron chi connectivity index (χ3n) is 6.64. The van der Waals surface area contributed by atoms with Crippen LogP contribution in [0, 0.1) is 0 Å². The molecule has 8 nitrogen and oxygen atoms in total. The molecule has 4 rings (SSSR count). The molecule has 0 aromatic heterocycles. The minimum absolute atomic E-state index is 0.0230. The topological polar surface area (TPSA) is 88.2 Å². The summed E-state index contributed by atoms with van der Waals surface area (Å²) in [5.74, 6) is 0.567. The Balaban J connectivity index is 1.40. The second-order valence-corrected chi connectivity index (χ2v) is 11.8. The van der Waals surface area contributed by atoms with Crippen LogP contribution in [-0.2, 0) is 19.4 Å². The first-order chi connectivity index (χ1) is 17.3. The highest BCUT2D eigenvalue weighted by molar-refractivity contribution is 7.92. The number of sulfone groups is 1. The number of rotatable bonds is 8. The zero-order chi connectivity index (χ0) is 25.7. The molecule has 1 amide bonds. The molecule has 196 valence electrons. The fraction of sp³-hybridized carbons (Fsp3) is 0.480. The van der Waals surface area contributed by atoms with E-state index in [0.29, 0.717) is 39.1 Å². The molecule has 0 bridgehead atoms. The second kappa shape index (κ2) is 12.0. The Kier molecular flexibility index (Phi) is 9.00. The van der Waals surface area contributed by atoms with Gasteiger partial charge in [0.2, 0.25) is 15.7 Å². The zero-order valence-corrected chi connectivity index (χ0v) is 22.5. The molecule has 36 heavy (non-hydrogen) atoms. The van der Waals surface area contributed by atoms with Crippen LogP contribution in [0.3, 0.4) is 0 Å². The van der Waals surface area contributed by atoms with Gasteiger partial charge in [-0.2, -0.15) is 0 Å². The van der Waals surface area contributed by atoms with Crippen LogP contribution in [0.25, 0.3) is 0 Å². The Bertz CT molecular complexity index is 1150. The molecular formula is C25H31Cl2N3O5S. The van der Waals surface area contributed by atoms with Crippen molar-refractivity contribution in [3.05, 3.63) is 52.5 Å². The normalized spacial score (nSPS) is 19.7. The molecular weight excluding hydrogens is 525 g/mol. The van der Waals surface area contributed by atoms with Crippen LogP contribution in [0.1, 0.15) is 19.3 Å². The summed E-state index contributed by atoms with van der Waals surface area (Å²) in [6.45, 7) is 2.79. The molecule has 0 saturated carbocycles. The van der Waals surface area contributed by atoms with Crippen LogP contribution in [0.5, 0.6) is 5.75 Å². The van der Waals surface area contributed by atoms with E-state index in [2.05, 4.69) is 10.2 Å². The fourth-order valence-electron chi connectivity index (χ4n) is 4.57. The van der Waals surface area contributed by atoms with Gasteiger partial charge in [-0.1, -0.05) is 29.6 Å². The average Bonchev–Trinajstić information content (AvgIpc) is 2.91. The largest absolute Gasteiger partial charge is 0.497 e. The highest BCUT2D eigenvalue weighted by atomic mass is 35.5. The van der Waals surface area contributed by atoms with Crippen LogP contribution in [0.15, 0.2) is 47.4 Å². The van der Waals surface area contributed by atoms with Gasteiger partial charge in [0.05, 0.1) is 22.1 Å². The van der Waals surface area contributed by atoms with E-state index in [-0.39, 0.29) is 27.5 Å². The number of methoxy groups -OCH3 is 1. The molecule has 2 saturated heterocycles. The van der Waals surface area contributed by atoms with Gasteiger partial charge in [0, 0.05) is 37.9 Å². The van der Waals surface area contributed by atoms with Gasteiger partial charge in [-0.05, 0) is 61.9 Å². The molecule has 2 aliphatic heterocycles. The maximum atomic E-state index is 13.5. The highest BCUT2D eigenvalue weighted by Crippen LogP contribution is 2.29. The summed E-state index contributed by atoms with van der Waals surface area (Å²) in [5, 5.41) is 3.68. The number of nitrogens with zero attached hydrogens (tertiary/aromatic N) is 2. The van der Waals surface area contributed by atoms with Crippen molar-refractivity contribution in [2.45, 2.75) is 35.6 Å². The lowest BCUT2D eigenvalue weighted by Crippen LogP contribution is -2.52. The monoisotopic (exact) mass is 555 g/mol. The van der Waals surface area contributed by atoms with Crippen LogP contribution in [-0.4, -0.2) is 77.1 Å². The van der Waals surface area contributed by atoms with Crippen LogP contribution >= 0.6 is 23.2 Å². The summed E-state index contributed by atoms with van der Waals surface area (Å²) in [6, 6.07) is 11.6. The number of hydrogen-bond donors (Lipinski definition) is 1. The molecule has 2 atom stereocenters. The van der Waals surface area contributed by atoms with E-state index in [9.17, 15) is 13.2 Å².